The van der Waals surface area contributed by atoms with E-state index < -0.39 is 35.7 Å². The maximum Gasteiger partial charge on any atom is 0.325 e. The summed E-state index contributed by atoms with van der Waals surface area (Å²) < 4.78 is 13.7. The number of imide groups is 1. The van der Waals surface area contributed by atoms with Crippen LogP contribution in [0.2, 0.25) is 0 Å². The van der Waals surface area contributed by atoms with Crippen molar-refractivity contribution >= 4 is 17.8 Å². The molecule has 0 bridgehead atoms. The van der Waals surface area contributed by atoms with Crippen LogP contribution in [0, 0.1) is 5.82 Å². The Balaban J connectivity index is 1.68. The van der Waals surface area contributed by atoms with Crippen molar-refractivity contribution < 1.29 is 18.8 Å². The zero-order valence-corrected chi connectivity index (χ0v) is 16.7. The summed E-state index contributed by atoms with van der Waals surface area (Å²) in [6.45, 7) is 5.30. The molecule has 1 unspecified atom stereocenters. The van der Waals surface area contributed by atoms with Crippen molar-refractivity contribution in [1.82, 2.24) is 15.5 Å². The molecule has 0 radical (unpaired) electrons. The number of urea groups is 1. The molecule has 7 heteroatoms. The van der Waals surface area contributed by atoms with Crippen LogP contribution in [0.4, 0.5) is 9.18 Å². The van der Waals surface area contributed by atoms with Gasteiger partial charge in [0.1, 0.15) is 17.9 Å². The van der Waals surface area contributed by atoms with Gasteiger partial charge in [0.15, 0.2) is 0 Å². The van der Waals surface area contributed by atoms with E-state index in [9.17, 15) is 18.8 Å². The number of carbonyl (C=O) groups excluding carboxylic acids is 3. The van der Waals surface area contributed by atoms with Gasteiger partial charge in [0.05, 0.1) is 0 Å². The average molecular weight is 397 g/mol. The molecule has 1 aliphatic heterocycles. The maximum absolute atomic E-state index is 13.7. The van der Waals surface area contributed by atoms with Gasteiger partial charge in [0, 0.05) is 12.1 Å². The molecule has 1 fully saturated rings. The average Bonchev–Trinajstić information content (AvgIpc) is 2.91. The Bertz CT molecular complexity index is 943. The van der Waals surface area contributed by atoms with Crippen LogP contribution in [-0.4, -0.2) is 29.3 Å². The number of rotatable bonds is 6. The number of amides is 4. The van der Waals surface area contributed by atoms with Crippen LogP contribution in [0.1, 0.15) is 43.4 Å². The minimum absolute atomic E-state index is 0.0247. The van der Waals surface area contributed by atoms with Gasteiger partial charge in [-0.1, -0.05) is 56.3 Å². The Hall–Kier alpha value is -3.22. The summed E-state index contributed by atoms with van der Waals surface area (Å²) in [7, 11) is 0. The predicted molar refractivity (Wildman–Crippen MR) is 106 cm³/mol. The molecule has 29 heavy (non-hydrogen) atoms. The second kappa shape index (κ2) is 8.03. The Labute approximate surface area is 169 Å². The number of hydrogen-bond acceptors (Lipinski definition) is 3. The summed E-state index contributed by atoms with van der Waals surface area (Å²) in [6.07, 6.45) is 0. The second-order valence-corrected chi connectivity index (χ2v) is 7.59. The minimum atomic E-state index is -1.24. The van der Waals surface area contributed by atoms with E-state index in [1.54, 1.807) is 25.1 Å². The number of nitrogens with one attached hydrogen (secondary N) is 2. The third-order valence-electron chi connectivity index (χ3n) is 5.17. The van der Waals surface area contributed by atoms with E-state index in [-0.39, 0.29) is 6.54 Å². The highest BCUT2D eigenvalue weighted by Crippen LogP contribution is 2.29. The summed E-state index contributed by atoms with van der Waals surface area (Å²) in [5, 5.41) is 5.22. The van der Waals surface area contributed by atoms with Crippen LogP contribution in [0.25, 0.3) is 0 Å². The third-order valence-corrected chi connectivity index (χ3v) is 5.17. The Morgan fingerprint density at radius 1 is 1.14 bits per heavy atom. The molecule has 3 rings (SSSR count). The van der Waals surface area contributed by atoms with Crippen LogP contribution < -0.4 is 10.6 Å². The van der Waals surface area contributed by atoms with Gasteiger partial charge in [0.2, 0.25) is 5.91 Å². The van der Waals surface area contributed by atoms with Gasteiger partial charge in [-0.3, -0.25) is 14.5 Å². The first-order chi connectivity index (χ1) is 13.7. The molecule has 1 saturated heterocycles. The van der Waals surface area contributed by atoms with Gasteiger partial charge in [-0.05, 0) is 30.0 Å². The SMILES string of the molecule is CC(C)c1ccc(C2(C)NC(=O)N(CC(=O)NCc3ccccc3F)C2=O)cc1. The summed E-state index contributed by atoms with van der Waals surface area (Å²) in [4.78, 5) is 38.4. The summed E-state index contributed by atoms with van der Waals surface area (Å²) in [5.74, 6) is -1.13. The molecule has 2 N–H and O–H groups in total. The molecule has 0 spiro atoms. The molecule has 1 aliphatic rings. The van der Waals surface area contributed by atoms with Crippen LogP contribution in [0.5, 0.6) is 0 Å². The zero-order valence-electron chi connectivity index (χ0n) is 16.7. The van der Waals surface area contributed by atoms with Crippen molar-refractivity contribution in [1.29, 1.82) is 0 Å². The van der Waals surface area contributed by atoms with E-state index >= 15 is 0 Å². The highest BCUT2D eigenvalue weighted by Gasteiger charge is 2.49. The molecule has 0 saturated carbocycles. The van der Waals surface area contributed by atoms with Crippen LogP contribution in [0.15, 0.2) is 48.5 Å². The van der Waals surface area contributed by atoms with Crippen molar-refractivity contribution in [2.75, 3.05) is 6.54 Å². The molecule has 6 nitrogen and oxygen atoms in total. The van der Waals surface area contributed by atoms with E-state index in [4.69, 9.17) is 0 Å². The zero-order chi connectivity index (χ0) is 21.2. The number of nitrogens with zero attached hydrogens (tertiary/aromatic N) is 1. The van der Waals surface area contributed by atoms with E-state index in [1.807, 2.05) is 24.3 Å². The fourth-order valence-electron chi connectivity index (χ4n) is 3.27. The smallest absolute Gasteiger partial charge is 0.325 e. The van der Waals surface area contributed by atoms with Gasteiger partial charge in [0.25, 0.3) is 5.91 Å². The molecular weight excluding hydrogens is 373 g/mol. The van der Waals surface area contributed by atoms with Crippen LogP contribution >= 0.6 is 0 Å². The topological polar surface area (TPSA) is 78.5 Å². The largest absolute Gasteiger partial charge is 0.350 e. The first kappa shape index (κ1) is 20.5. The Kier molecular flexibility index (Phi) is 5.68. The Morgan fingerprint density at radius 3 is 2.41 bits per heavy atom. The summed E-state index contributed by atoms with van der Waals surface area (Å²) in [5.41, 5.74) is 0.861. The highest BCUT2D eigenvalue weighted by atomic mass is 19.1. The van der Waals surface area contributed by atoms with Crippen LogP contribution in [0.3, 0.4) is 0 Å². The first-order valence-corrected chi connectivity index (χ1v) is 9.47. The van der Waals surface area contributed by atoms with Gasteiger partial charge in [-0.2, -0.15) is 0 Å². The third kappa shape index (κ3) is 4.13. The molecule has 152 valence electrons. The monoisotopic (exact) mass is 397 g/mol. The molecule has 0 aliphatic carbocycles. The molecule has 2 aromatic rings. The molecular formula is C22H24FN3O3. The lowest BCUT2D eigenvalue weighted by atomic mass is 9.90. The highest BCUT2D eigenvalue weighted by molar-refractivity contribution is 6.09. The van der Waals surface area contributed by atoms with Crippen LogP contribution in [-0.2, 0) is 21.7 Å². The van der Waals surface area contributed by atoms with Crippen molar-refractivity contribution in [3.63, 3.8) is 0 Å². The lowest BCUT2D eigenvalue weighted by Gasteiger charge is -2.22. The number of halogens is 1. The Morgan fingerprint density at radius 2 is 1.79 bits per heavy atom. The number of hydrogen-bond donors (Lipinski definition) is 2. The van der Waals surface area contributed by atoms with Crippen molar-refractivity contribution in [3.05, 3.63) is 71.0 Å². The minimum Gasteiger partial charge on any atom is -0.350 e. The fourth-order valence-corrected chi connectivity index (χ4v) is 3.27. The first-order valence-electron chi connectivity index (χ1n) is 9.47. The molecule has 4 amide bonds. The van der Waals surface area contributed by atoms with E-state index in [0.29, 0.717) is 17.0 Å². The van der Waals surface area contributed by atoms with Gasteiger partial charge >= 0.3 is 6.03 Å². The van der Waals surface area contributed by atoms with Crippen molar-refractivity contribution in [2.24, 2.45) is 0 Å². The van der Waals surface area contributed by atoms with Gasteiger partial charge in [-0.25, -0.2) is 9.18 Å². The van der Waals surface area contributed by atoms with Gasteiger partial charge in [-0.15, -0.1) is 0 Å². The molecule has 2 aromatic carbocycles. The lowest BCUT2D eigenvalue weighted by Crippen LogP contribution is -2.43. The quantitative estimate of drug-likeness (QED) is 0.736. The van der Waals surface area contributed by atoms with E-state index in [2.05, 4.69) is 24.5 Å². The van der Waals surface area contributed by atoms with Crippen molar-refractivity contribution in [2.45, 2.75) is 38.8 Å². The molecule has 0 aromatic heterocycles. The standard InChI is InChI=1S/C22H24FN3O3/c1-14(2)15-8-10-17(11-9-15)22(3)20(28)26(21(29)25-22)13-19(27)24-12-16-6-4-5-7-18(16)23/h4-11,14H,12-13H2,1-3H3,(H,24,27)(H,25,29). The molecule has 1 heterocycles. The number of benzene rings is 2. The second-order valence-electron chi connectivity index (χ2n) is 7.59. The summed E-state index contributed by atoms with van der Waals surface area (Å²) >= 11 is 0. The fraction of sp³-hybridized carbons (Fsp3) is 0.318. The number of carbonyl (C=O) groups is 3. The lowest BCUT2D eigenvalue weighted by molar-refractivity contribution is -0.134. The summed E-state index contributed by atoms with van der Waals surface area (Å²) in [6, 6.07) is 12.9. The normalized spacial score (nSPS) is 18.9. The van der Waals surface area contributed by atoms with Crippen molar-refractivity contribution in [3.8, 4) is 0 Å². The maximum atomic E-state index is 13.7. The molecule has 1 atom stereocenters. The van der Waals surface area contributed by atoms with E-state index in [1.165, 1.54) is 6.07 Å². The van der Waals surface area contributed by atoms with E-state index in [0.717, 1.165) is 10.5 Å². The predicted octanol–water partition coefficient (Wildman–Crippen LogP) is 3.03. The van der Waals surface area contributed by atoms with Gasteiger partial charge < -0.3 is 10.6 Å².